The molecule has 0 atom stereocenters. The van der Waals surface area contributed by atoms with Gasteiger partial charge >= 0.3 is 62.2 Å². The van der Waals surface area contributed by atoms with Crippen LogP contribution >= 0.6 is 117 Å². The van der Waals surface area contributed by atoms with Gasteiger partial charge in [-0.1, -0.05) is 215 Å². The Labute approximate surface area is 651 Å². The van der Waals surface area contributed by atoms with Crippen molar-refractivity contribution in [1.82, 2.24) is 0 Å². The molecule has 0 aliphatic rings. The minimum absolute atomic E-state index is 0. The number of para-hydroxylation sites is 4. The van der Waals surface area contributed by atoms with Gasteiger partial charge < -0.3 is 59.6 Å². The molecular formula is C60H50Cl6F6Fe3N4O6S10. The van der Waals surface area contributed by atoms with Crippen LogP contribution in [0.2, 0.25) is 0 Å². The maximum Gasteiger partial charge on any atom is 2.00 e. The summed E-state index contributed by atoms with van der Waals surface area (Å²) in [5.74, 6) is 0. The summed E-state index contributed by atoms with van der Waals surface area (Å²) in [6, 6.07) is 63.6. The topological polar surface area (TPSA) is 164 Å². The van der Waals surface area contributed by atoms with E-state index in [0.29, 0.717) is 0 Å². The van der Waals surface area contributed by atoms with Crippen LogP contribution in [0.3, 0.4) is 0 Å². The molecule has 514 valence electrons. The van der Waals surface area contributed by atoms with Crippen LogP contribution in [0.4, 0.5) is 49.1 Å². The fraction of sp³-hybridized carbons (Fsp3) is 0.133. The monoisotopic (exact) mass is 1730 g/mol. The fourth-order valence-electron chi connectivity index (χ4n) is 5.90. The van der Waals surface area contributed by atoms with Gasteiger partial charge in [0.05, 0.1) is 0 Å². The second-order valence-corrected chi connectivity index (χ2v) is 28.0. The molecule has 0 heterocycles. The van der Waals surface area contributed by atoms with E-state index >= 15 is 0 Å². The Morgan fingerprint density at radius 2 is 0.484 bits per heavy atom. The molecule has 10 nitrogen and oxygen atoms in total. The van der Waals surface area contributed by atoms with Gasteiger partial charge in [0.25, 0.3) is 0 Å². The number of nitrogens with zero attached hydrogens (tertiary/aromatic N) is 4. The van der Waals surface area contributed by atoms with E-state index in [1.54, 1.807) is 47.0 Å². The number of alkyl halides is 12. The van der Waals surface area contributed by atoms with Crippen LogP contribution in [0.15, 0.2) is 253 Å². The molecule has 0 bridgehead atoms. The Bertz CT molecular complexity index is 3420. The van der Waals surface area contributed by atoms with E-state index in [1.165, 1.54) is 19.6 Å². The summed E-state index contributed by atoms with van der Waals surface area (Å²) in [7, 11) is -12.2. The SMILES string of the molecule is CSc1ccccc1C=Nc1ccccc1[S-].CSc1ccccc1C=Nc1ccccc1[S-].CSc1ccccc1C=Nc1ccccc1[S-].CSc1ccccc1C=Nc1ccccc1[S-].ClC(Cl)Cl.ClC(Cl)Cl.O=S(=O)([O-])C(F)(F)F.O=S(=O)([O-])C(F)(F)F.[Fe+2].[Fe+2].[Fe+2]. The Balaban J connectivity index is -0.00000106. The first-order valence-electron chi connectivity index (χ1n) is 24.8. The van der Waals surface area contributed by atoms with Crippen LogP contribution in [-0.2, 0) is 122 Å². The summed E-state index contributed by atoms with van der Waals surface area (Å²) in [5, 5.41) is 0. The number of halogens is 12. The van der Waals surface area contributed by atoms with Gasteiger partial charge in [-0.25, -0.2) is 16.8 Å². The largest absolute Gasteiger partial charge is 2.00 e. The molecule has 0 saturated carbocycles. The minimum Gasteiger partial charge on any atom is -0.778 e. The van der Waals surface area contributed by atoms with E-state index in [0.717, 1.165) is 64.6 Å². The molecular weight excluding hydrogens is 1690 g/mol. The molecule has 0 aliphatic heterocycles. The molecule has 0 N–H and O–H groups in total. The second kappa shape index (κ2) is 52.4. The summed E-state index contributed by atoms with van der Waals surface area (Å²) in [6.07, 6.45) is 15.7. The molecule has 0 aromatic heterocycles. The van der Waals surface area contributed by atoms with Crippen molar-refractivity contribution >= 4 is 235 Å². The first-order valence-corrected chi connectivity index (χ1v) is 36.8. The molecule has 0 radical (unpaired) electrons. The van der Waals surface area contributed by atoms with Crippen molar-refractivity contribution in [2.75, 3.05) is 25.0 Å². The van der Waals surface area contributed by atoms with Crippen molar-refractivity contribution in [1.29, 1.82) is 0 Å². The number of thioether (sulfide) groups is 4. The summed E-state index contributed by atoms with van der Waals surface area (Å²) in [5.41, 5.74) is -3.42. The molecule has 95 heavy (non-hydrogen) atoms. The molecule has 0 aliphatic carbocycles. The number of aliphatic imine (C=N–C) groups is 4. The van der Waals surface area contributed by atoms with E-state index in [1.807, 2.05) is 170 Å². The van der Waals surface area contributed by atoms with Crippen molar-refractivity contribution in [2.24, 2.45) is 20.0 Å². The van der Waals surface area contributed by atoms with Crippen LogP contribution in [-0.4, -0.2) is 95.4 Å². The Morgan fingerprint density at radius 1 is 0.347 bits per heavy atom. The van der Waals surface area contributed by atoms with Gasteiger partial charge in [0.15, 0.2) is 28.8 Å². The number of hydrogen-bond donors (Lipinski definition) is 0. The van der Waals surface area contributed by atoms with E-state index in [4.69, 9.17) is 146 Å². The molecule has 8 aromatic carbocycles. The zero-order valence-corrected chi connectivity index (χ0v) is 64.9. The fourth-order valence-corrected chi connectivity index (χ4v) is 8.99. The first kappa shape index (κ1) is 96.6. The molecule has 0 amide bonds. The number of benzene rings is 8. The normalized spacial score (nSPS) is 10.9. The zero-order chi connectivity index (χ0) is 69.5. The van der Waals surface area contributed by atoms with Gasteiger partial charge in [-0.05, 0) is 73.6 Å². The van der Waals surface area contributed by atoms with E-state index in [2.05, 4.69) is 93.5 Å². The summed E-state index contributed by atoms with van der Waals surface area (Å²) in [6.45, 7) is 0. The van der Waals surface area contributed by atoms with E-state index < -0.39 is 39.8 Å². The minimum atomic E-state index is -6.09. The Morgan fingerprint density at radius 3 is 0.621 bits per heavy atom. The van der Waals surface area contributed by atoms with Crippen molar-refractivity contribution in [3.8, 4) is 0 Å². The third-order valence-corrected chi connectivity index (χ3v) is 15.7. The van der Waals surface area contributed by atoms with Crippen LogP contribution in [0.5, 0.6) is 0 Å². The van der Waals surface area contributed by atoms with Gasteiger partial charge in [-0.3, -0.25) is 20.0 Å². The average molecular weight is 1740 g/mol. The summed E-state index contributed by atoms with van der Waals surface area (Å²) < 4.78 is 116. The van der Waals surface area contributed by atoms with Crippen LogP contribution < -0.4 is 0 Å². The van der Waals surface area contributed by atoms with Crippen LogP contribution in [0.25, 0.3) is 0 Å². The van der Waals surface area contributed by atoms with Crippen LogP contribution in [0, 0.1) is 0 Å². The predicted octanol–water partition coefficient (Wildman–Crippen LogP) is 20.3. The maximum absolute atomic E-state index is 10.7. The van der Waals surface area contributed by atoms with Gasteiger partial charge in [-0.2, -0.15) is 26.3 Å². The standard InChI is InChI=1S/4C14H13NS2.2CHCl3.2CHF3O3S.3Fe/c4*1-17-14-9-5-2-6-11(14)10-15-12-7-3-4-8-13(12)16;2*2-1(3)4;2*2-1(3,4)8(5,6)7;;;/h4*2-10,16H,1H3;2*1H;2*(H,5,6,7);;;/q;;;;;;;;3*+2/p-6. The van der Waals surface area contributed by atoms with Crippen molar-refractivity contribution < 1.29 is 103 Å². The smallest absolute Gasteiger partial charge is 0.778 e. The Kier molecular flexibility index (Phi) is 53.3. The molecule has 8 rings (SSSR count). The van der Waals surface area contributed by atoms with Gasteiger partial charge in [-0.15, -0.1) is 66.6 Å². The zero-order valence-electron chi connectivity index (χ0n) is 48.9. The number of rotatable bonds is 12. The van der Waals surface area contributed by atoms with Gasteiger partial charge in [0, 0.05) is 89.4 Å². The number of hydrogen-bond acceptors (Lipinski definition) is 18. The molecule has 0 spiro atoms. The molecule has 35 heteroatoms. The third-order valence-electron chi connectivity index (χ3n) is 9.95. The van der Waals surface area contributed by atoms with Gasteiger partial charge in [0.2, 0.25) is 0 Å². The van der Waals surface area contributed by atoms with Crippen molar-refractivity contribution in [2.45, 2.75) is 58.8 Å². The first-order chi connectivity index (χ1) is 43.2. The average Bonchev–Trinajstić information content (AvgIpc) is 1.09. The third kappa shape index (κ3) is 42.3. The Hall–Kier alpha value is -2.58. The van der Waals surface area contributed by atoms with Gasteiger partial charge in [0.1, 0.15) is 0 Å². The molecule has 0 saturated heterocycles. The van der Waals surface area contributed by atoms with Crippen molar-refractivity contribution in [3.05, 3.63) is 216 Å². The van der Waals surface area contributed by atoms with E-state index in [-0.39, 0.29) is 51.2 Å². The summed E-state index contributed by atoms with van der Waals surface area (Å²) in [4.78, 5) is 25.8. The maximum atomic E-state index is 10.7. The van der Waals surface area contributed by atoms with E-state index in [9.17, 15) is 26.3 Å². The quantitative estimate of drug-likeness (QED) is 0.0166. The molecule has 0 fully saturated rings. The predicted molar refractivity (Wildman–Crippen MR) is 384 cm³/mol. The second-order valence-electron chi connectivity index (χ2n) is 16.2. The molecule has 0 unspecified atom stereocenters. The summed E-state index contributed by atoms with van der Waals surface area (Å²) >= 11 is 56.5. The van der Waals surface area contributed by atoms with Crippen LogP contribution in [0.1, 0.15) is 22.3 Å². The van der Waals surface area contributed by atoms with Crippen molar-refractivity contribution in [3.63, 3.8) is 0 Å². The molecule has 8 aromatic rings.